The molecule has 0 saturated heterocycles. The Balaban J connectivity index is 2.97. The monoisotopic (exact) mass is 190 g/mol. The molecule has 1 aromatic rings. The summed E-state index contributed by atoms with van der Waals surface area (Å²) in [7, 11) is 0. The normalized spacial score (nSPS) is 8.85. The molecule has 0 atom stereocenters. The van der Waals surface area contributed by atoms with Crippen molar-refractivity contribution in [1.82, 2.24) is 0 Å². The van der Waals surface area contributed by atoms with Crippen LogP contribution in [-0.2, 0) is 6.42 Å². The number of hydrogen-bond acceptors (Lipinski definition) is 2. The Morgan fingerprint density at radius 1 is 1.31 bits per heavy atom. The predicted molar refractivity (Wildman–Crippen MR) is 50.1 cm³/mol. The standard InChI is InChI=1S/C10H7ClN2/c11-10-4-3-9(7-13)8(6-10)2-1-5-12/h3-4,6H,1-2H2. The van der Waals surface area contributed by atoms with Crippen molar-refractivity contribution in [3.05, 3.63) is 34.3 Å². The molecule has 0 N–H and O–H groups in total. The van der Waals surface area contributed by atoms with Gasteiger partial charge in [0.05, 0.1) is 17.7 Å². The van der Waals surface area contributed by atoms with Gasteiger partial charge in [0.2, 0.25) is 0 Å². The maximum Gasteiger partial charge on any atom is 0.0994 e. The van der Waals surface area contributed by atoms with Gasteiger partial charge in [0, 0.05) is 11.4 Å². The molecular weight excluding hydrogens is 184 g/mol. The zero-order valence-corrected chi connectivity index (χ0v) is 7.67. The van der Waals surface area contributed by atoms with E-state index in [9.17, 15) is 0 Å². The van der Waals surface area contributed by atoms with Gasteiger partial charge >= 0.3 is 0 Å². The number of halogens is 1. The molecule has 0 amide bonds. The molecule has 0 aliphatic carbocycles. The quantitative estimate of drug-likeness (QED) is 0.720. The Morgan fingerprint density at radius 2 is 2.08 bits per heavy atom. The molecule has 1 aromatic carbocycles. The van der Waals surface area contributed by atoms with Crippen LogP contribution >= 0.6 is 11.6 Å². The van der Waals surface area contributed by atoms with Crippen LogP contribution in [0.5, 0.6) is 0 Å². The van der Waals surface area contributed by atoms with E-state index in [1.54, 1.807) is 18.2 Å². The number of nitriles is 2. The molecule has 2 nitrogen and oxygen atoms in total. The van der Waals surface area contributed by atoms with Crippen molar-refractivity contribution in [3.8, 4) is 12.1 Å². The fourth-order valence-electron chi connectivity index (χ4n) is 1.07. The minimum Gasteiger partial charge on any atom is -0.198 e. The molecule has 0 aliphatic rings. The van der Waals surface area contributed by atoms with Gasteiger partial charge in [-0.1, -0.05) is 11.6 Å². The van der Waals surface area contributed by atoms with Gasteiger partial charge in [0.25, 0.3) is 0 Å². The van der Waals surface area contributed by atoms with E-state index in [4.69, 9.17) is 22.1 Å². The van der Waals surface area contributed by atoms with Crippen molar-refractivity contribution in [2.24, 2.45) is 0 Å². The number of aryl methyl sites for hydroxylation is 1. The number of hydrogen-bond donors (Lipinski definition) is 0. The van der Waals surface area contributed by atoms with Crippen molar-refractivity contribution in [3.63, 3.8) is 0 Å². The minimum absolute atomic E-state index is 0.412. The highest BCUT2D eigenvalue weighted by atomic mass is 35.5. The summed E-state index contributed by atoms with van der Waals surface area (Å²) in [5, 5.41) is 17.7. The third kappa shape index (κ3) is 2.47. The first-order valence-electron chi connectivity index (χ1n) is 3.83. The fraction of sp³-hybridized carbons (Fsp3) is 0.200. The Kier molecular flexibility index (Phi) is 3.31. The molecule has 0 aromatic heterocycles. The lowest BCUT2D eigenvalue weighted by molar-refractivity contribution is 1.01. The van der Waals surface area contributed by atoms with Crippen molar-refractivity contribution in [2.45, 2.75) is 12.8 Å². The summed E-state index contributed by atoms with van der Waals surface area (Å²) >= 11 is 5.76. The lowest BCUT2D eigenvalue weighted by Gasteiger charge is -2.00. The van der Waals surface area contributed by atoms with Crippen molar-refractivity contribution >= 4 is 11.6 Å². The second-order valence-corrected chi connectivity index (χ2v) is 3.01. The number of benzene rings is 1. The van der Waals surface area contributed by atoms with Crippen LogP contribution in [0.4, 0.5) is 0 Å². The molecule has 3 heteroatoms. The Bertz CT molecular complexity index is 385. The van der Waals surface area contributed by atoms with Gasteiger partial charge in [0.1, 0.15) is 0 Å². The van der Waals surface area contributed by atoms with Gasteiger partial charge in [-0.25, -0.2) is 0 Å². The van der Waals surface area contributed by atoms with Gasteiger partial charge in [-0.3, -0.25) is 0 Å². The zero-order chi connectivity index (χ0) is 9.68. The highest BCUT2D eigenvalue weighted by Gasteiger charge is 2.01. The highest BCUT2D eigenvalue weighted by molar-refractivity contribution is 6.30. The topological polar surface area (TPSA) is 47.6 Å². The first-order chi connectivity index (χ1) is 6.27. The maximum atomic E-state index is 8.73. The first-order valence-corrected chi connectivity index (χ1v) is 4.21. The third-order valence-electron chi connectivity index (χ3n) is 1.69. The van der Waals surface area contributed by atoms with Gasteiger partial charge in [-0.15, -0.1) is 0 Å². The molecule has 64 valence electrons. The van der Waals surface area contributed by atoms with Crippen LogP contribution in [0, 0.1) is 22.7 Å². The van der Waals surface area contributed by atoms with Crippen molar-refractivity contribution in [1.29, 1.82) is 10.5 Å². The van der Waals surface area contributed by atoms with E-state index in [0.29, 0.717) is 23.4 Å². The molecule has 0 unspecified atom stereocenters. The van der Waals surface area contributed by atoms with Gasteiger partial charge in [-0.2, -0.15) is 10.5 Å². The molecule has 0 heterocycles. The molecule has 0 fully saturated rings. The Labute approximate surface area is 82.0 Å². The summed E-state index contributed by atoms with van der Waals surface area (Å²) in [6.07, 6.45) is 0.995. The number of rotatable bonds is 2. The molecule has 0 bridgehead atoms. The van der Waals surface area contributed by atoms with Crippen molar-refractivity contribution < 1.29 is 0 Å². The maximum absolute atomic E-state index is 8.73. The Hall–Kier alpha value is -1.51. The molecule has 0 radical (unpaired) electrons. The number of nitrogens with zero attached hydrogens (tertiary/aromatic N) is 2. The molecule has 0 aliphatic heterocycles. The summed E-state index contributed by atoms with van der Waals surface area (Å²) in [6.45, 7) is 0. The van der Waals surface area contributed by atoms with Crippen molar-refractivity contribution in [2.75, 3.05) is 0 Å². The van der Waals surface area contributed by atoms with Gasteiger partial charge < -0.3 is 0 Å². The fourth-order valence-corrected chi connectivity index (χ4v) is 1.26. The van der Waals surface area contributed by atoms with Crippen LogP contribution < -0.4 is 0 Å². The molecule has 0 saturated carbocycles. The summed E-state index contributed by atoms with van der Waals surface area (Å²) in [6, 6.07) is 9.18. The average Bonchev–Trinajstić information content (AvgIpc) is 2.15. The van der Waals surface area contributed by atoms with Crippen LogP contribution in [0.1, 0.15) is 17.5 Å². The largest absolute Gasteiger partial charge is 0.198 e. The minimum atomic E-state index is 0.412. The van der Waals surface area contributed by atoms with Gasteiger partial charge in [-0.05, 0) is 30.2 Å². The van der Waals surface area contributed by atoms with Crippen LogP contribution in [-0.4, -0.2) is 0 Å². The van der Waals surface area contributed by atoms with E-state index in [1.807, 2.05) is 6.07 Å². The zero-order valence-electron chi connectivity index (χ0n) is 6.92. The van der Waals surface area contributed by atoms with E-state index in [-0.39, 0.29) is 0 Å². The van der Waals surface area contributed by atoms with Crippen LogP contribution in [0.3, 0.4) is 0 Å². The molecular formula is C10H7ClN2. The summed E-state index contributed by atoms with van der Waals surface area (Å²) in [4.78, 5) is 0. The summed E-state index contributed by atoms with van der Waals surface area (Å²) in [5.74, 6) is 0. The highest BCUT2D eigenvalue weighted by Crippen LogP contribution is 2.16. The predicted octanol–water partition coefficient (Wildman–Crippen LogP) is 2.67. The summed E-state index contributed by atoms with van der Waals surface area (Å²) < 4.78 is 0. The van der Waals surface area contributed by atoms with Crippen LogP contribution in [0.25, 0.3) is 0 Å². The molecule has 13 heavy (non-hydrogen) atoms. The molecule has 0 spiro atoms. The average molecular weight is 191 g/mol. The lowest BCUT2D eigenvalue weighted by atomic mass is 10.0. The molecule has 1 rings (SSSR count). The second-order valence-electron chi connectivity index (χ2n) is 2.57. The summed E-state index contributed by atoms with van der Waals surface area (Å²) in [5.41, 5.74) is 1.44. The Morgan fingerprint density at radius 3 is 2.69 bits per heavy atom. The van der Waals surface area contributed by atoms with Gasteiger partial charge in [0.15, 0.2) is 0 Å². The smallest absolute Gasteiger partial charge is 0.0994 e. The lowest BCUT2D eigenvalue weighted by Crippen LogP contribution is -1.89. The second kappa shape index (κ2) is 4.50. The first kappa shape index (κ1) is 9.58. The van der Waals surface area contributed by atoms with E-state index in [1.165, 1.54) is 0 Å². The van der Waals surface area contributed by atoms with E-state index in [0.717, 1.165) is 5.56 Å². The third-order valence-corrected chi connectivity index (χ3v) is 1.93. The van der Waals surface area contributed by atoms with E-state index in [2.05, 4.69) is 6.07 Å². The van der Waals surface area contributed by atoms with E-state index >= 15 is 0 Å². The van der Waals surface area contributed by atoms with Crippen LogP contribution in [0.15, 0.2) is 18.2 Å². The van der Waals surface area contributed by atoms with E-state index < -0.39 is 0 Å². The van der Waals surface area contributed by atoms with Crippen LogP contribution in [0.2, 0.25) is 5.02 Å². The SMILES string of the molecule is N#CCCc1cc(Cl)ccc1C#N.